The van der Waals surface area contributed by atoms with Gasteiger partial charge in [-0.3, -0.25) is 0 Å². The average Bonchev–Trinajstić information content (AvgIpc) is 3.11. The lowest BCUT2D eigenvalue weighted by atomic mass is 10.2. The summed E-state index contributed by atoms with van der Waals surface area (Å²) in [6.07, 6.45) is 2.25. The van der Waals surface area contributed by atoms with E-state index in [0.717, 1.165) is 30.8 Å². The van der Waals surface area contributed by atoms with E-state index >= 15 is 0 Å². The molecular formula is C18H24N4O3. The van der Waals surface area contributed by atoms with E-state index in [2.05, 4.69) is 9.97 Å². The van der Waals surface area contributed by atoms with Crippen LogP contribution in [0.2, 0.25) is 0 Å². The van der Waals surface area contributed by atoms with Crippen LogP contribution in [0.3, 0.4) is 0 Å². The van der Waals surface area contributed by atoms with E-state index in [4.69, 9.17) is 19.9 Å². The number of anilines is 3. The molecule has 2 N–H and O–H groups in total. The standard InChI is InChI=1S/C18H24N4O3/c1-12-9-17(19)21-18(20-12)22(2)13-6-7-15(23-3)16(10-13)25-11-14-5-4-8-24-14/h6-7,9-10,14H,4-5,8,11H2,1-3H3,(H2,19,20,21). The molecule has 0 amide bonds. The molecule has 1 atom stereocenters. The van der Waals surface area contributed by atoms with Crippen molar-refractivity contribution in [3.63, 3.8) is 0 Å². The Kier molecular flexibility index (Phi) is 5.23. The van der Waals surface area contributed by atoms with E-state index in [1.165, 1.54) is 0 Å². The predicted molar refractivity (Wildman–Crippen MR) is 96.7 cm³/mol. The minimum absolute atomic E-state index is 0.144. The molecular weight excluding hydrogens is 320 g/mol. The first-order valence-electron chi connectivity index (χ1n) is 8.34. The van der Waals surface area contributed by atoms with Crippen LogP contribution in [0.4, 0.5) is 17.5 Å². The number of nitrogens with zero attached hydrogens (tertiary/aromatic N) is 3. The summed E-state index contributed by atoms with van der Waals surface area (Å²) in [6.45, 7) is 3.21. The van der Waals surface area contributed by atoms with Gasteiger partial charge in [0.15, 0.2) is 11.5 Å². The number of hydrogen-bond acceptors (Lipinski definition) is 7. The van der Waals surface area contributed by atoms with E-state index in [9.17, 15) is 0 Å². The largest absolute Gasteiger partial charge is 0.493 e. The first-order chi connectivity index (χ1) is 12.1. The van der Waals surface area contributed by atoms with Gasteiger partial charge in [-0.1, -0.05) is 0 Å². The minimum Gasteiger partial charge on any atom is -0.493 e. The number of rotatable bonds is 6. The van der Waals surface area contributed by atoms with Crippen molar-refractivity contribution in [3.05, 3.63) is 30.0 Å². The molecule has 2 heterocycles. The smallest absolute Gasteiger partial charge is 0.231 e. The molecule has 7 nitrogen and oxygen atoms in total. The Balaban J connectivity index is 1.81. The van der Waals surface area contributed by atoms with Crippen LogP contribution in [0.25, 0.3) is 0 Å². The minimum atomic E-state index is 0.144. The highest BCUT2D eigenvalue weighted by atomic mass is 16.5. The molecule has 0 saturated carbocycles. The zero-order valence-electron chi connectivity index (χ0n) is 14.9. The van der Waals surface area contributed by atoms with E-state index in [1.807, 2.05) is 37.1 Å². The number of methoxy groups -OCH3 is 1. The monoisotopic (exact) mass is 344 g/mol. The van der Waals surface area contributed by atoms with Gasteiger partial charge in [0, 0.05) is 37.2 Å². The maximum absolute atomic E-state index is 5.94. The van der Waals surface area contributed by atoms with E-state index in [0.29, 0.717) is 29.9 Å². The van der Waals surface area contributed by atoms with Crippen molar-refractivity contribution < 1.29 is 14.2 Å². The highest BCUT2D eigenvalue weighted by molar-refractivity contribution is 5.62. The molecule has 1 aliphatic rings. The summed E-state index contributed by atoms with van der Waals surface area (Å²) < 4.78 is 17.0. The van der Waals surface area contributed by atoms with Gasteiger partial charge in [-0.15, -0.1) is 0 Å². The molecule has 7 heteroatoms. The Morgan fingerprint density at radius 3 is 2.80 bits per heavy atom. The van der Waals surface area contributed by atoms with Crippen molar-refractivity contribution in [2.24, 2.45) is 0 Å². The summed E-state index contributed by atoms with van der Waals surface area (Å²) in [5, 5.41) is 0. The zero-order chi connectivity index (χ0) is 17.8. The van der Waals surface area contributed by atoms with Gasteiger partial charge < -0.3 is 24.8 Å². The number of benzene rings is 1. The normalized spacial score (nSPS) is 16.7. The molecule has 0 spiro atoms. The number of aromatic nitrogens is 2. The summed E-state index contributed by atoms with van der Waals surface area (Å²) >= 11 is 0. The molecule has 2 aromatic rings. The molecule has 1 aromatic heterocycles. The van der Waals surface area contributed by atoms with Gasteiger partial charge in [-0.2, -0.15) is 4.98 Å². The first kappa shape index (κ1) is 17.3. The maximum atomic E-state index is 5.94. The molecule has 25 heavy (non-hydrogen) atoms. The van der Waals surface area contributed by atoms with Crippen molar-refractivity contribution in [1.82, 2.24) is 9.97 Å². The Hall–Kier alpha value is -2.54. The first-order valence-corrected chi connectivity index (χ1v) is 8.34. The Morgan fingerprint density at radius 1 is 1.28 bits per heavy atom. The SMILES string of the molecule is COc1ccc(N(C)c2nc(C)cc(N)n2)cc1OCC1CCCO1. The Bertz CT molecular complexity index is 712. The quantitative estimate of drug-likeness (QED) is 0.862. The third-order valence-corrected chi connectivity index (χ3v) is 4.15. The van der Waals surface area contributed by atoms with E-state index in [1.54, 1.807) is 13.2 Å². The molecule has 0 bridgehead atoms. The molecule has 1 aromatic carbocycles. The summed E-state index contributed by atoms with van der Waals surface area (Å²) in [5.74, 6) is 2.33. The lowest BCUT2D eigenvalue weighted by molar-refractivity contribution is 0.0670. The second kappa shape index (κ2) is 7.57. The highest BCUT2D eigenvalue weighted by Crippen LogP contribution is 2.33. The van der Waals surface area contributed by atoms with Crippen molar-refractivity contribution >= 4 is 17.5 Å². The van der Waals surface area contributed by atoms with E-state index < -0.39 is 0 Å². The fourth-order valence-corrected chi connectivity index (χ4v) is 2.79. The zero-order valence-corrected chi connectivity index (χ0v) is 14.9. The Morgan fingerprint density at radius 2 is 2.12 bits per heavy atom. The van der Waals surface area contributed by atoms with Gasteiger partial charge in [-0.05, 0) is 31.9 Å². The van der Waals surface area contributed by atoms with Crippen LogP contribution in [-0.2, 0) is 4.74 Å². The fraction of sp³-hybridized carbons (Fsp3) is 0.444. The van der Waals surface area contributed by atoms with E-state index in [-0.39, 0.29) is 6.10 Å². The summed E-state index contributed by atoms with van der Waals surface area (Å²) in [6, 6.07) is 7.45. The lowest BCUT2D eigenvalue weighted by Crippen LogP contribution is -2.17. The van der Waals surface area contributed by atoms with Gasteiger partial charge in [-0.25, -0.2) is 4.98 Å². The molecule has 3 rings (SSSR count). The molecule has 1 fully saturated rings. The maximum Gasteiger partial charge on any atom is 0.231 e. The van der Waals surface area contributed by atoms with Crippen molar-refractivity contribution in [2.45, 2.75) is 25.9 Å². The van der Waals surface area contributed by atoms with Crippen LogP contribution in [-0.4, -0.2) is 43.4 Å². The average molecular weight is 344 g/mol. The lowest BCUT2D eigenvalue weighted by Gasteiger charge is -2.20. The van der Waals surface area contributed by atoms with Gasteiger partial charge in [0.25, 0.3) is 0 Å². The topological polar surface area (TPSA) is 82.7 Å². The third-order valence-electron chi connectivity index (χ3n) is 4.15. The van der Waals surface area contributed by atoms with Crippen LogP contribution < -0.4 is 20.1 Å². The number of nitrogens with two attached hydrogens (primary N) is 1. The second-order valence-corrected chi connectivity index (χ2v) is 6.07. The van der Waals surface area contributed by atoms with Crippen molar-refractivity contribution in [1.29, 1.82) is 0 Å². The van der Waals surface area contributed by atoms with Crippen LogP contribution >= 0.6 is 0 Å². The van der Waals surface area contributed by atoms with Gasteiger partial charge in [0.05, 0.1) is 13.2 Å². The molecule has 1 unspecified atom stereocenters. The van der Waals surface area contributed by atoms with Crippen LogP contribution in [0.5, 0.6) is 11.5 Å². The number of aryl methyl sites for hydroxylation is 1. The molecule has 1 saturated heterocycles. The summed E-state index contributed by atoms with van der Waals surface area (Å²) in [7, 11) is 3.52. The molecule has 0 radical (unpaired) electrons. The van der Waals surface area contributed by atoms with Crippen molar-refractivity contribution in [2.75, 3.05) is 38.0 Å². The van der Waals surface area contributed by atoms with Gasteiger partial charge >= 0.3 is 0 Å². The van der Waals surface area contributed by atoms with Gasteiger partial charge in [0.1, 0.15) is 12.4 Å². The van der Waals surface area contributed by atoms with Crippen LogP contribution in [0.15, 0.2) is 24.3 Å². The van der Waals surface area contributed by atoms with Crippen molar-refractivity contribution in [3.8, 4) is 11.5 Å². The fourth-order valence-electron chi connectivity index (χ4n) is 2.79. The second-order valence-electron chi connectivity index (χ2n) is 6.07. The van der Waals surface area contributed by atoms with Gasteiger partial charge in [0.2, 0.25) is 5.95 Å². The molecule has 1 aliphatic heterocycles. The molecule has 134 valence electrons. The highest BCUT2D eigenvalue weighted by Gasteiger charge is 2.18. The number of nitrogen functional groups attached to an aromatic ring is 1. The number of ether oxygens (including phenoxy) is 3. The third kappa shape index (κ3) is 4.11. The summed E-state index contributed by atoms with van der Waals surface area (Å²) in [5.41, 5.74) is 7.53. The van der Waals surface area contributed by atoms with Crippen LogP contribution in [0.1, 0.15) is 18.5 Å². The Labute approximate surface area is 147 Å². The molecule has 0 aliphatic carbocycles. The van der Waals surface area contributed by atoms with Crippen LogP contribution in [0, 0.1) is 6.92 Å². The number of hydrogen-bond donors (Lipinski definition) is 1. The predicted octanol–water partition coefficient (Wildman–Crippen LogP) is 2.70. The summed E-state index contributed by atoms with van der Waals surface area (Å²) in [4.78, 5) is 10.6.